The van der Waals surface area contributed by atoms with Crippen LogP contribution in [0, 0.1) is 11.3 Å². The van der Waals surface area contributed by atoms with Gasteiger partial charge in [0.15, 0.2) is 0 Å². The molecule has 0 bridgehead atoms. The van der Waals surface area contributed by atoms with Crippen LogP contribution in [-0.4, -0.2) is 5.94 Å². The maximum atomic E-state index is 9.00. The van der Waals surface area contributed by atoms with Gasteiger partial charge in [0, 0.05) is 0 Å². The van der Waals surface area contributed by atoms with Gasteiger partial charge in [-0.2, -0.15) is 5.26 Å². The third kappa shape index (κ3) is 35.4. The average molecular weight is 239 g/mol. The molecule has 0 aromatic rings. The summed E-state index contributed by atoms with van der Waals surface area (Å²) in [6, 6.07) is 1.47. The maximum absolute atomic E-state index is 9.00. The van der Waals surface area contributed by atoms with Crippen LogP contribution in [0.5, 0.6) is 0 Å². The summed E-state index contributed by atoms with van der Waals surface area (Å²) in [6.45, 7) is 0. The van der Waals surface area contributed by atoms with E-state index in [0.29, 0.717) is 0 Å². The summed E-state index contributed by atoms with van der Waals surface area (Å²) in [7, 11) is 9.71. The van der Waals surface area contributed by atoms with E-state index >= 15 is 0 Å². The fourth-order valence-electron chi connectivity index (χ4n) is 0.0264. The predicted molar refractivity (Wildman–Crippen MR) is 27.6 cm³/mol. The van der Waals surface area contributed by atoms with Crippen molar-refractivity contribution in [3.63, 3.8) is 0 Å². The summed E-state index contributed by atoms with van der Waals surface area (Å²) in [6.07, 6.45) is 0.750. The Morgan fingerprint density at radius 3 is 2.00 bits per heavy atom. The van der Waals surface area contributed by atoms with Crippen LogP contribution in [0.15, 0.2) is 6.08 Å². The summed E-state index contributed by atoms with van der Waals surface area (Å²) >= 11 is -0.346. The molecular formula is C3HCl2NORu. The van der Waals surface area contributed by atoms with E-state index in [9.17, 15) is 0 Å². The molecule has 0 saturated heterocycles. The Bertz CT molecular complexity index is 115. The van der Waals surface area contributed by atoms with Crippen LogP contribution < -0.4 is 0 Å². The van der Waals surface area contributed by atoms with Crippen molar-refractivity contribution in [2.45, 2.75) is 0 Å². The van der Waals surface area contributed by atoms with Crippen LogP contribution in [0.2, 0.25) is 0 Å². The van der Waals surface area contributed by atoms with Gasteiger partial charge in [-0.1, -0.05) is 0 Å². The number of hydrogen-bond donors (Lipinski definition) is 0. The zero-order valence-corrected chi connectivity index (χ0v) is 6.79. The first-order valence-electron chi connectivity index (χ1n) is 1.27. The Kier molecular flexibility index (Phi) is 21.6. The van der Waals surface area contributed by atoms with Crippen LogP contribution >= 0.6 is 19.4 Å². The van der Waals surface area contributed by atoms with E-state index in [1.54, 1.807) is 0 Å². The van der Waals surface area contributed by atoms with E-state index in [2.05, 4.69) is 0 Å². The zero-order chi connectivity index (χ0) is 6.83. The normalized spacial score (nSPS) is 5.12. The number of nitrogens with zero attached hydrogens (tertiary/aromatic N) is 1. The quantitative estimate of drug-likeness (QED) is 0.363. The standard InChI is InChI=1S/C3HNO.2ClH.Ru/c4-2-1-3-5;;;/h1H;2*1H;/q;;;+2/p-2. The monoisotopic (exact) mass is 239 g/mol. The summed E-state index contributed by atoms with van der Waals surface area (Å²) in [5.41, 5.74) is 0. The van der Waals surface area contributed by atoms with Gasteiger partial charge < -0.3 is 0 Å². The van der Waals surface area contributed by atoms with Gasteiger partial charge in [-0.3, -0.25) is 0 Å². The molecule has 5 heteroatoms. The molecule has 0 saturated carbocycles. The zero-order valence-electron chi connectivity index (χ0n) is 3.54. The van der Waals surface area contributed by atoms with E-state index in [1.165, 1.54) is 12.0 Å². The molecule has 0 rings (SSSR count). The van der Waals surface area contributed by atoms with Crippen LogP contribution in [0.3, 0.4) is 0 Å². The van der Waals surface area contributed by atoms with Crippen molar-refractivity contribution in [1.82, 2.24) is 0 Å². The minimum atomic E-state index is -0.346. The summed E-state index contributed by atoms with van der Waals surface area (Å²) in [4.78, 5) is 9.00. The van der Waals surface area contributed by atoms with Gasteiger partial charge in [0.25, 0.3) is 0 Å². The van der Waals surface area contributed by atoms with E-state index in [0.717, 1.165) is 6.08 Å². The Balaban J connectivity index is 0. The fourth-order valence-corrected chi connectivity index (χ4v) is 0.0264. The number of rotatable bonds is 0. The Labute approximate surface area is 62.8 Å². The average Bonchev–Trinajstić information content (AvgIpc) is 1.71. The number of nitriles is 1. The van der Waals surface area contributed by atoms with Crippen LogP contribution in [0.25, 0.3) is 0 Å². The molecular weight excluding hydrogens is 238 g/mol. The van der Waals surface area contributed by atoms with Crippen molar-refractivity contribution in [2.75, 3.05) is 0 Å². The minimum absolute atomic E-state index is 0.346. The second-order valence-corrected chi connectivity index (χ2v) is 3.08. The number of halogens is 2. The molecule has 0 atom stereocenters. The predicted octanol–water partition coefficient (Wildman–Crippen LogP) is 1.27. The Hall–Kier alpha value is 0.143. The van der Waals surface area contributed by atoms with Crippen molar-refractivity contribution in [1.29, 1.82) is 5.26 Å². The molecule has 0 amide bonds. The molecule has 0 aliphatic heterocycles. The van der Waals surface area contributed by atoms with E-state index in [4.69, 9.17) is 29.4 Å². The third-order valence-electron chi connectivity index (χ3n) is 0.123. The van der Waals surface area contributed by atoms with Gasteiger partial charge in [0.2, 0.25) is 0 Å². The molecule has 0 radical (unpaired) electrons. The van der Waals surface area contributed by atoms with Gasteiger partial charge in [0.1, 0.15) is 12.0 Å². The number of carbonyl (C=O) groups excluding carboxylic acids is 1. The fraction of sp³-hybridized carbons (Fsp3) is 0. The molecule has 0 fully saturated rings. The van der Waals surface area contributed by atoms with E-state index in [-0.39, 0.29) is 15.1 Å². The van der Waals surface area contributed by atoms with Gasteiger partial charge >= 0.3 is 34.5 Å². The first kappa shape index (κ1) is 11.0. The van der Waals surface area contributed by atoms with Crippen molar-refractivity contribution < 1.29 is 19.9 Å². The van der Waals surface area contributed by atoms with Crippen molar-refractivity contribution in [2.24, 2.45) is 0 Å². The van der Waals surface area contributed by atoms with Gasteiger partial charge in [-0.25, -0.2) is 4.79 Å². The summed E-state index contributed by atoms with van der Waals surface area (Å²) < 4.78 is 0. The molecule has 0 aromatic heterocycles. The van der Waals surface area contributed by atoms with Crippen LogP contribution in [0.1, 0.15) is 0 Å². The van der Waals surface area contributed by atoms with Crippen molar-refractivity contribution in [3.8, 4) is 6.07 Å². The molecule has 46 valence electrons. The summed E-state index contributed by atoms with van der Waals surface area (Å²) in [5.74, 6) is 1.28. The Morgan fingerprint density at radius 2 is 2.00 bits per heavy atom. The second-order valence-electron chi connectivity index (χ2n) is 0.442. The Morgan fingerprint density at radius 1 is 1.62 bits per heavy atom. The van der Waals surface area contributed by atoms with Gasteiger partial charge in [-0.15, -0.1) is 0 Å². The molecule has 2 nitrogen and oxygen atoms in total. The summed E-state index contributed by atoms with van der Waals surface area (Å²) in [5, 5.41) is 7.50. The van der Waals surface area contributed by atoms with Crippen molar-refractivity contribution >= 4 is 25.3 Å². The molecule has 0 aromatic carbocycles. The van der Waals surface area contributed by atoms with Crippen LogP contribution in [-0.2, 0) is 19.9 Å². The van der Waals surface area contributed by atoms with Gasteiger partial charge in [-0.05, 0) is 0 Å². The molecule has 0 unspecified atom stereocenters. The molecule has 0 aliphatic carbocycles. The first-order chi connectivity index (χ1) is 3.83. The topological polar surface area (TPSA) is 40.9 Å². The first-order valence-corrected chi connectivity index (χ1v) is 5.75. The van der Waals surface area contributed by atoms with E-state index < -0.39 is 0 Å². The van der Waals surface area contributed by atoms with Crippen molar-refractivity contribution in [3.05, 3.63) is 6.08 Å². The SMILES string of the molecule is N#CC=C=O.[Cl][Ru][Cl]. The van der Waals surface area contributed by atoms with Gasteiger partial charge in [0.05, 0.1) is 6.08 Å². The molecule has 8 heavy (non-hydrogen) atoms. The third-order valence-corrected chi connectivity index (χ3v) is 0.123. The molecule has 0 aliphatic rings. The van der Waals surface area contributed by atoms with E-state index in [1.807, 2.05) is 0 Å². The number of allylic oxidation sites excluding steroid dienone is 1. The van der Waals surface area contributed by atoms with Crippen LogP contribution in [0.4, 0.5) is 0 Å². The molecule has 0 heterocycles. The second kappa shape index (κ2) is 15.7. The molecule has 0 spiro atoms. The molecule has 0 N–H and O–H groups in total. The number of hydrogen-bond acceptors (Lipinski definition) is 2.